The zero-order chi connectivity index (χ0) is 13.7. The summed E-state index contributed by atoms with van der Waals surface area (Å²) in [5.41, 5.74) is 0.465. The molecular weight excluding hydrogens is 234 g/mol. The van der Waals surface area contributed by atoms with Crippen LogP contribution in [-0.2, 0) is 0 Å². The molecule has 1 unspecified atom stereocenters. The molecule has 2 rings (SSSR count). The number of likely N-dealkylation sites (N-methyl/N-ethyl adjacent to an activating group) is 1. The summed E-state index contributed by atoms with van der Waals surface area (Å²) in [6.07, 6.45) is 9.61. The lowest BCUT2D eigenvalue weighted by molar-refractivity contribution is 0.0738. The van der Waals surface area contributed by atoms with Gasteiger partial charge in [-0.15, -0.1) is 0 Å². The minimum absolute atomic E-state index is 0.465. The molecule has 0 aromatic rings. The van der Waals surface area contributed by atoms with E-state index >= 15 is 0 Å². The number of nitrogens with one attached hydrogen (secondary N) is 1. The van der Waals surface area contributed by atoms with Crippen molar-refractivity contribution in [3.8, 4) is 0 Å². The van der Waals surface area contributed by atoms with Gasteiger partial charge in [0.05, 0.1) is 0 Å². The lowest BCUT2D eigenvalue weighted by Gasteiger charge is -2.43. The monoisotopic (exact) mass is 267 g/mol. The zero-order valence-electron chi connectivity index (χ0n) is 13.2. The van der Waals surface area contributed by atoms with Gasteiger partial charge in [0.25, 0.3) is 0 Å². The van der Waals surface area contributed by atoms with E-state index in [1.54, 1.807) is 0 Å². The minimum atomic E-state index is 0.465. The molecule has 2 aliphatic rings. The van der Waals surface area contributed by atoms with Crippen molar-refractivity contribution in [3.05, 3.63) is 0 Å². The average molecular weight is 267 g/mol. The molecule has 0 spiro atoms. The molecule has 1 saturated heterocycles. The molecule has 0 amide bonds. The molecule has 3 heteroatoms. The molecule has 1 aliphatic carbocycles. The Morgan fingerprint density at radius 3 is 2.58 bits per heavy atom. The van der Waals surface area contributed by atoms with Crippen molar-refractivity contribution < 1.29 is 0 Å². The topological polar surface area (TPSA) is 18.5 Å². The highest BCUT2D eigenvalue weighted by atomic mass is 15.2. The predicted octanol–water partition coefficient (Wildman–Crippen LogP) is 2.32. The molecule has 19 heavy (non-hydrogen) atoms. The van der Waals surface area contributed by atoms with Gasteiger partial charge in [-0.1, -0.05) is 19.8 Å². The van der Waals surface area contributed by atoms with Crippen LogP contribution in [0.1, 0.15) is 51.9 Å². The van der Waals surface area contributed by atoms with Gasteiger partial charge >= 0.3 is 0 Å². The first kappa shape index (κ1) is 15.3. The van der Waals surface area contributed by atoms with Gasteiger partial charge in [0, 0.05) is 24.7 Å². The van der Waals surface area contributed by atoms with E-state index in [9.17, 15) is 0 Å². The number of nitrogens with zero attached hydrogens (tertiary/aromatic N) is 2. The number of hydrogen-bond donors (Lipinski definition) is 1. The minimum Gasteiger partial charge on any atom is -0.313 e. The Kier molecular flexibility index (Phi) is 5.67. The van der Waals surface area contributed by atoms with Crippen molar-refractivity contribution in [2.75, 3.05) is 40.3 Å². The molecule has 112 valence electrons. The Bertz CT molecular complexity index is 259. The summed E-state index contributed by atoms with van der Waals surface area (Å²) < 4.78 is 0. The zero-order valence-corrected chi connectivity index (χ0v) is 13.2. The Morgan fingerprint density at radius 2 is 1.95 bits per heavy atom. The average Bonchev–Trinajstić information content (AvgIpc) is 2.87. The molecule has 1 heterocycles. The summed E-state index contributed by atoms with van der Waals surface area (Å²) in [6, 6.07) is 0.731. The Hall–Kier alpha value is -0.120. The lowest BCUT2D eigenvalue weighted by atomic mass is 9.93. The van der Waals surface area contributed by atoms with Crippen LogP contribution < -0.4 is 5.32 Å². The van der Waals surface area contributed by atoms with Crippen molar-refractivity contribution >= 4 is 0 Å². The van der Waals surface area contributed by atoms with E-state index in [1.165, 1.54) is 71.1 Å². The normalized spacial score (nSPS) is 28.1. The molecule has 0 aromatic heterocycles. The van der Waals surface area contributed by atoms with Gasteiger partial charge in [0.15, 0.2) is 0 Å². The third-order valence-corrected chi connectivity index (χ3v) is 5.19. The third kappa shape index (κ3) is 3.93. The Labute approximate surface area is 119 Å². The quantitative estimate of drug-likeness (QED) is 0.797. The smallest absolute Gasteiger partial charge is 0.0330 e. The maximum absolute atomic E-state index is 3.71. The second-order valence-corrected chi connectivity index (χ2v) is 6.85. The van der Waals surface area contributed by atoms with E-state index in [0.717, 1.165) is 6.04 Å². The van der Waals surface area contributed by atoms with E-state index in [2.05, 4.69) is 36.1 Å². The van der Waals surface area contributed by atoms with Gasteiger partial charge in [-0.25, -0.2) is 0 Å². The van der Waals surface area contributed by atoms with Crippen LogP contribution in [0.15, 0.2) is 0 Å². The van der Waals surface area contributed by atoms with Gasteiger partial charge in [0.1, 0.15) is 0 Å². The van der Waals surface area contributed by atoms with E-state index in [-0.39, 0.29) is 0 Å². The molecule has 0 bridgehead atoms. The van der Waals surface area contributed by atoms with Gasteiger partial charge in [-0.3, -0.25) is 4.90 Å². The highest BCUT2D eigenvalue weighted by Crippen LogP contribution is 2.35. The largest absolute Gasteiger partial charge is 0.313 e. The van der Waals surface area contributed by atoms with Crippen molar-refractivity contribution in [2.45, 2.75) is 63.5 Å². The Morgan fingerprint density at radius 1 is 1.21 bits per heavy atom. The third-order valence-electron chi connectivity index (χ3n) is 5.19. The molecule has 2 fully saturated rings. The summed E-state index contributed by atoms with van der Waals surface area (Å²) in [7, 11) is 4.56. The molecule has 0 radical (unpaired) electrons. The summed E-state index contributed by atoms with van der Waals surface area (Å²) in [5, 5.41) is 3.71. The number of rotatable bonds is 6. The van der Waals surface area contributed by atoms with Gasteiger partial charge in [-0.2, -0.15) is 0 Å². The van der Waals surface area contributed by atoms with Crippen LogP contribution in [0.25, 0.3) is 0 Å². The standard InChI is InChI=1S/C16H33N3/c1-4-11-17-15-8-7-12-19(13-15)14-16(18(2)3)9-5-6-10-16/h15,17H,4-14H2,1-3H3. The second-order valence-electron chi connectivity index (χ2n) is 6.85. The van der Waals surface area contributed by atoms with Crippen LogP contribution in [0.4, 0.5) is 0 Å². The van der Waals surface area contributed by atoms with Gasteiger partial charge in [-0.05, 0) is 59.3 Å². The highest BCUT2D eigenvalue weighted by molar-refractivity contribution is 4.96. The van der Waals surface area contributed by atoms with Crippen molar-refractivity contribution in [1.82, 2.24) is 15.1 Å². The molecule has 1 N–H and O–H groups in total. The Balaban J connectivity index is 1.87. The van der Waals surface area contributed by atoms with Crippen LogP contribution in [0.2, 0.25) is 0 Å². The van der Waals surface area contributed by atoms with E-state index in [0.29, 0.717) is 5.54 Å². The fraction of sp³-hybridized carbons (Fsp3) is 1.00. The van der Waals surface area contributed by atoms with Gasteiger partial charge in [0.2, 0.25) is 0 Å². The molecular formula is C16H33N3. The van der Waals surface area contributed by atoms with Crippen LogP contribution in [0.5, 0.6) is 0 Å². The van der Waals surface area contributed by atoms with E-state index in [4.69, 9.17) is 0 Å². The SMILES string of the molecule is CCCNC1CCCN(CC2(N(C)C)CCCC2)C1. The first-order chi connectivity index (χ1) is 9.16. The summed E-state index contributed by atoms with van der Waals surface area (Å²) in [6.45, 7) is 7.28. The molecule has 0 aromatic carbocycles. The molecule has 1 atom stereocenters. The second kappa shape index (κ2) is 7.05. The van der Waals surface area contributed by atoms with Crippen molar-refractivity contribution in [3.63, 3.8) is 0 Å². The fourth-order valence-corrected chi connectivity index (χ4v) is 3.91. The maximum Gasteiger partial charge on any atom is 0.0330 e. The summed E-state index contributed by atoms with van der Waals surface area (Å²) in [4.78, 5) is 5.23. The number of piperidine rings is 1. The van der Waals surface area contributed by atoms with Crippen molar-refractivity contribution in [2.24, 2.45) is 0 Å². The fourth-order valence-electron chi connectivity index (χ4n) is 3.91. The van der Waals surface area contributed by atoms with Gasteiger partial charge < -0.3 is 10.2 Å². The van der Waals surface area contributed by atoms with Crippen molar-refractivity contribution in [1.29, 1.82) is 0 Å². The molecule has 1 aliphatic heterocycles. The maximum atomic E-state index is 3.71. The van der Waals surface area contributed by atoms with Crippen LogP contribution >= 0.6 is 0 Å². The van der Waals surface area contributed by atoms with Crippen LogP contribution in [-0.4, -0.2) is 61.7 Å². The first-order valence-corrected chi connectivity index (χ1v) is 8.29. The lowest BCUT2D eigenvalue weighted by Crippen LogP contribution is -2.55. The molecule has 1 saturated carbocycles. The van der Waals surface area contributed by atoms with E-state index < -0.39 is 0 Å². The first-order valence-electron chi connectivity index (χ1n) is 8.29. The van der Waals surface area contributed by atoms with E-state index in [1.807, 2.05) is 0 Å². The summed E-state index contributed by atoms with van der Waals surface area (Å²) >= 11 is 0. The number of hydrogen-bond acceptors (Lipinski definition) is 3. The highest BCUT2D eigenvalue weighted by Gasteiger charge is 2.38. The van der Waals surface area contributed by atoms with Crippen LogP contribution in [0.3, 0.4) is 0 Å². The van der Waals surface area contributed by atoms with Crippen LogP contribution in [0, 0.1) is 0 Å². The molecule has 3 nitrogen and oxygen atoms in total. The number of likely N-dealkylation sites (tertiary alicyclic amines) is 1. The summed E-state index contributed by atoms with van der Waals surface area (Å²) in [5.74, 6) is 0. The predicted molar refractivity (Wildman–Crippen MR) is 82.6 cm³/mol.